The molecule has 2 N–H and O–H groups in total. The fraction of sp³-hybridized carbons (Fsp3) is 0.263. The Morgan fingerprint density at radius 2 is 2.04 bits per heavy atom. The van der Waals surface area contributed by atoms with Crippen molar-refractivity contribution >= 4 is 17.6 Å². The van der Waals surface area contributed by atoms with Gasteiger partial charge in [-0.05, 0) is 56.7 Å². The van der Waals surface area contributed by atoms with Crippen LogP contribution in [0.5, 0.6) is 0 Å². The number of carbonyl (C=O) groups excluding carboxylic acids is 1. The number of rotatable bonds is 4. The number of nitrogens with zero attached hydrogens (tertiary/aromatic N) is 3. The summed E-state index contributed by atoms with van der Waals surface area (Å²) < 4.78 is 20.6. The second-order valence-electron chi connectivity index (χ2n) is 7.13. The third-order valence-corrected chi connectivity index (χ3v) is 3.65. The van der Waals surface area contributed by atoms with Crippen molar-refractivity contribution in [3.63, 3.8) is 0 Å². The normalized spacial score (nSPS) is 11.4. The average Bonchev–Trinajstić information content (AvgIpc) is 3.05. The Kier molecular flexibility index (Phi) is 5.00. The molecule has 2 heterocycles. The number of hydrogen-bond donors (Lipinski definition) is 2. The maximum absolute atomic E-state index is 14.1. The lowest BCUT2D eigenvalue weighted by Gasteiger charge is -2.19. The maximum Gasteiger partial charge on any atom is 0.407 e. The van der Waals surface area contributed by atoms with E-state index in [0.29, 0.717) is 16.6 Å². The summed E-state index contributed by atoms with van der Waals surface area (Å²) in [5.41, 5.74) is 0.241. The van der Waals surface area contributed by atoms with Crippen molar-refractivity contribution in [3.8, 4) is 11.4 Å². The number of fused-ring (bicyclic) bond motifs is 1. The highest BCUT2D eigenvalue weighted by atomic mass is 19.1. The van der Waals surface area contributed by atoms with Gasteiger partial charge in [-0.25, -0.2) is 23.5 Å². The molecule has 1 aromatic carbocycles. The molecule has 146 valence electrons. The van der Waals surface area contributed by atoms with Crippen LogP contribution in [0.3, 0.4) is 0 Å². The summed E-state index contributed by atoms with van der Waals surface area (Å²) in [6.07, 6.45) is 0.952. The first-order valence-electron chi connectivity index (χ1n) is 8.48. The van der Waals surface area contributed by atoms with Gasteiger partial charge in [0.2, 0.25) is 0 Å². The number of ether oxygens (including phenoxy) is 1. The third kappa shape index (κ3) is 4.43. The van der Waals surface area contributed by atoms with Gasteiger partial charge in [-0.15, -0.1) is 5.10 Å². The van der Waals surface area contributed by atoms with Gasteiger partial charge in [0.25, 0.3) is 0 Å². The summed E-state index contributed by atoms with van der Waals surface area (Å²) in [5.74, 6) is -1.72. The monoisotopic (exact) mass is 386 g/mol. The molecule has 0 bridgehead atoms. The van der Waals surface area contributed by atoms with Gasteiger partial charge in [-0.1, -0.05) is 0 Å². The first kappa shape index (κ1) is 19.3. The second kappa shape index (κ2) is 7.26. The summed E-state index contributed by atoms with van der Waals surface area (Å²) in [6.45, 7) is 5.24. The molecule has 3 aromatic rings. The summed E-state index contributed by atoms with van der Waals surface area (Å²) in [7, 11) is 0. The Bertz CT molecular complexity index is 1060. The molecule has 0 radical (unpaired) electrons. The zero-order valence-corrected chi connectivity index (χ0v) is 15.6. The Labute approximate surface area is 160 Å². The third-order valence-electron chi connectivity index (χ3n) is 3.65. The molecule has 2 aromatic heterocycles. The summed E-state index contributed by atoms with van der Waals surface area (Å²) in [5, 5.41) is 16.2. The predicted octanol–water partition coefficient (Wildman–Crippen LogP) is 3.26. The molecule has 28 heavy (non-hydrogen) atoms. The van der Waals surface area contributed by atoms with Gasteiger partial charge in [0.1, 0.15) is 11.4 Å². The average molecular weight is 386 g/mol. The van der Waals surface area contributed by atoms with Crippen LogP contribution < -0.4 is 5.32 Å². The number of aromatic carboxylic acids is 1. The van der Waals surface area contributed by atoms with Crippen molar-refractivity contribution in [3.05, 3.63) is 53.6 Å². The van der Waals surface area contributed by atoms with E-state index in [9.17, 15) is 19.1 Å². The van der Waals surface area contributed by atoms with E-state index in [4.69, 9.17) is 4.74 Å². The van der Waals surface area contributed by atoms with Gasteiger partial charge in [0, 0.05) is 18.3 Å². The Balaban J connectivity index is 1.90. The largest absolute Gasteiger partial charge is 0.476 e. The van der Waals surface area contributed by atoms with Crippen LogP contribution >= 0.6 is 0 Å². The van der Waals surface area contributed by atoms with Gasteiger partial charge in [0.05, 0.1) is 5.52 Å². The van der Waals surface area contributed by atoms with Crippen LogP contribution in [0.4, 0.5) is 9.18 Å². The van der Waals surface area contributed by atoms with Crippen molar-refractivity contribution in [2.75, 3.05) is 0 Å². The predicted molar refractivity (Wildman–Crippen MR) is 98.4 cm³/mol. The van der Waals surface area contributed by atoms with Crippen molar-refractivity contribution in [2.24, 2.45) is 0 Å². The number of hydrogen-bond acceptors (Lipinski definition) is 5. The molecular formula is C19H19FN4O4. The highest BCUT2D eigenvalue weighted by Gasteiger charge is 2.17. The van der Waals surface area contributed by atoms with Crippen molar-refractivity contribution in [2.45, 2.75) is 32.9 Å². The van der Waals surface area contributed by atoms with Crippen LogP contribution in [0.25, 0.3) is 16.9 Å². The molecule has 0 spiro atoms. The van der Waals surface area contributed by atoms with Crippen LogP contribution in [-0.2, 0) is 11.3 Å². The lowest BCUT2D eigenvalue weighted by Crippen LogP contribution is -2.32. The Morgan fingerprint density at radius 1 is 1.29 bits per heavy atom. The molecule has 0 saturated carbocycles. The van der Waals surface area contributed by atoms with E-state index < -0.39 is 23.5 Å². The molecule has 9 heteroatoms. The highest BCUT2D eigenvalue weighted by molar-refractivity contribution is 5.93. The SMILES string of the molecule is CC(C)(C)OC(=O)NCc1cc(F)cc(-c2nc(C(=O)O)c3cccn3n2)c1. The minimum atomic E-state index is -1.21. The van der Waals surface area contributed by atoms with Crippen LogP contribution in [-0.4, -0.2) is 37.4 Å². The zero-order chi connectivity index (χ0) is 20.5. The van der Waals surface area contributed by atoms with E-state index in [2.05, 4.69) is 15.4 Å². The lowest BCUT2D eigenvalue weighted by atomic mass is 10.1. The minimum Gasteiger partial charge on any atom is -0.476 e. The van der Waals surface area contributed by atoms with Gasteiger partial charge in [0.15, 0.2) is 11.5 Å². The molecule has 0 aliphatic rings. The molecule has 0 fully saturated rings. The van der Waals surface area contributed by atoms with E-state index in [-0.39, 0.29) is 18.1 Å². The smallest absolute Gasteiger partial charge is 0.407 e. The first-order chi connectivity index (χ1) is 13.1. The number of halogens is 1. The number of carbonyl (C=O) groups is 2. The quantitative estimate of drug-likeness (QED) is 0.713. The van der Waals surface area contributed by atoms with Gasteiger partial charge >= 0.3 is 12.1 Å². The number of nitrogens with one attached hydrogen (secondary N) is 1. The van der Waals surface area contributed by atoms with Crippen LogP contribution in [0.15, 0.2) is 36.5 Å². The lowest BCUT2D eigenvalue weighted by molar-refractivity contribution is 0.0522. The number of alkyl carbamates (subject to hydrolysis) is 1. The van der Waals surface area contributed by atoms with Crippen molar-refractivity contribution < 1.29 is 23.8 Å². The first-order valence-corrected chi connectivity index (χ1v) is 8.48. The van der Waals surface area contributed by atoms with Gasteiger partial charge in [-0.2, -0.15) is 0 Å². The molecule has 1 amide bonds. The van der Waals surface area contributed by atoms with E-state index in [1.807, 2.05) is 0 Å². The molecular weight excluding hydrogens is 367 g/mol. The molecule has 8 nitrogen and oxygen atoms in total. The summed E-state index contributed by atoms with van der Waals surface area (Å²) in [6, 6.07) is 7.26. The minimum absolute atomic E-state index is 0.0250. The number of benzene rings is 1. The molecule has 0 aliphatic heterocycles. The topological polar surface area (TPSA) is 106 Å². The van der Waals surface area contributed by atoms with E-state index in [1.165, 1.54) is 16.6 Å². The van der Waals surface area contributed by atoms with Crippen LogP contribution in [0.1, 0.15) is 36.8 Å². The summed E-state index contributed by atoms with van der Waals surface area (Å²) >= 11 is 0. The standard InChI is InChI=1S/C19H19FN4O4/c1-19(2,3)28-18(27)21-10-11-7-12(9-13(20)8-11)16-22-15(17(25)26)14-5-4-6-24(14)23-16/h4-9H,10H2,1-3H3,(H,21,27)(H,25,26). The molecule has 0 aliphatic carbocycles. The van der Waals surface area contributed by atoms with Gasteiger partial charge < -0.3 is 15.2 Å². The molecule has 0 atom stereocenters. The van der Waals surface area contributed by atoms with Crippen LogP contribution in [0.2, 0.25) is 0 Å². The summed E-state index contributed by atoms with van der Waals surface area (Å²) in [4.78, 5) is 27.3. The molecule has 3 rings (SSSR count). The Morgan fingerprint density at radius 3 is 2.71 bits per heavy atom. The number of aromatic nitrogens is 3. The molecule has 0 unspecified atom stereocenters. The van der Waals surface area contributed by atoms with E-state index in [1.54, 1.807) is 45.2 Å². The van der Waals surface area contributed by atoms with Crippen LogP contribution in [0, 0.1) is 5.82 Å². The zero-order valence-electron chi connectivity index (χ0n) is 15.6. The molecule has 0 saturated heterocycles. The maximum atomic E-state index is 14.1. The fourth-order valence-electron chi connectivity index (χ4n) is 2.58. The number of amides is 1. The van der Waals surface area contributed by atoms with Crippen molar-refractivity contribution in [1.82, 2.24) is 19.9 Å². The van der Waals surface area contributed by atoms with E-state index in [0.717, 1.165) is 0 Å². The van der Waals surface area contributed by atoms with E-state index >= 15 is 0 Å². The van der Waals surface area contributed by atoms with Gasteiger partial charge in [-0.3, -0.25) is 0 Å². The Hall–Kier alpha value is -3.49. The number of carboxylic acids is 1. The second-order valence-corrected chi connectivity index (χ2v) is 7.13. The van der Waals surface area contributed by atoms with Crippen molar-refractivity contribution in [1.29, 1.82) is 0 Å². The highest BCUT2D eigenvalue weighted by Crippen LogP contribution is 2.21. The number of carboxylic acid groups (broad SMARTS) is 1. The fourth-order valence-corrected chi connectivity index (χ4v) is 2.58.